The standard InChI is InChI=1S/C9H11N3O2S/c1-10-9(15)12-11-8(14)6-4-2-3-5-7(6)13/h2-5,13H,1H3,(H,11,14)(H2,10,12,15). The van der Waals surface area contributed by atoms with Gasteiger partial charge >= 0.3 is 0 Å². The van der Waals surface area contributed by atoms with Gasteiger partial charge in [-0.1, -0.05) is 12.1 Å². The van der Waals surface area contributed by atoms with Gasteiger partial charge in [-0.05, 0) is 24.4 Å². The zero-order valence-corrected chi connectivity index (χ0v) is 8.89. The Balaban J connectivity index is 2.62. The summed E-state index contributed by atoms with van der Waals surface area (Å²) in [5, 5.41) is 12.3. The summed E-state index contributed by atoms with van der Waals surface area (Å²) in [6.45, 7) is 0. The molecule has 1 aromatic rings. The van der Waals surface area contributed by atoms with Crippen LogP contribution in [0.2, 0.25) is 0 Å². The smallest absolute Gasteiger partial charge is 0.273 e. The van der Waals surface area contributed by atoms with Crippen molar-refractivity contribution in [2.24, 2.45) is 0 Å². The van der Waals surface area contributed by atoms with Gasteiger partial charge in [0.25, 0.3) is 5.91 Å². The Hall–Kier alpha value is -1.82. The van der Waals surface area contributed by atoms with Gasteiger partial charge in [0.05, 0.1) is 5.56 Å². The van der Waals surface area contributed by atoms with E-state index in [1.54, 1.807) is 19.2 Å². The molecule has 6 heteroatoms. The molecule has 5 nitrogen and oxygen atoms in total. The molecule has 0 bridgehead atoms. The Morgan fingerprint density at radius 3 is 2.60 bits per heavy atom. The number of aromatic hydroxyl groups is 1. The van der Waals surface area contributed by atoms with Crippen molar-refractivity contribution in [3.63, 3.8) is 0 Å². The van der Waals surface area contributed by atoms with Crippen molar-refractivity contribution >= 4 is 23.2 Å². The van der Waals surface area contributed by atoms with E-state index in [2.05, 4.69) is 16.2 Å². The molecule has 1 amide bonds. The van der Waals surface area contributed by atoms with E-state index in [4.69, 9.17) is 12.2 Å². The molecule has 15 heavy (non-hydrogen) atoms. The first-order valence-electron chi connectivity index (χ1n) is 4.21. The fourth-order valence-corrected chi connectivity index (χ4v) is 0.960. The van der Waals surface area contributed by atoms with E-state index < -0.39 is 5.91 Å². The van der Waals surface area contributed by atoms with Gasteiger partial charge in [-0.2, -0.15) is 0 Å². The average molecular weight is 225 g/mol. The van der Waals surface area contributed by atoms with Crippen LogP contribution in [0.3, 0.4) is 0 Å². The first-order chi connectivity index (χ1) is 7.15. The Morgan fingerprint density at radius 2 is 2.00 bits per heavy atom. The number of hydrazine groups is 1. The Morgan fingerprint density at radius 1 is 1.33 bits per heavy atom. The SMILES string of the molecule is CNC(=S)NNC(=O)c1ccccc1O. The highest BCUT2D eigenvalue weighted by atomic mass is 32.1. The number of para-hydroxylation sites is 1. The minimum Gasteiger partial charge on any atom is -0.507 e. The molecule has 0 heterocycles. The summed E-state index contributed by atoms with van der Waals surface area (Å²) in [4.78, 5) is 11.5. The zero-order chi connectivity index (χ0) is 11.3. The Labute approximate surface area is 92.5 Å². The van der Waals surface area contributed by atoms with Crippen molar-refractivity contribution in [2.45, 2.75) is 0 Å². The first-order valence-corrected chi connectivity index (χ1v) is 4.62. The lowest BCUT2D eigenvalue weighted by Gasteiger charge is -2.09. The van der Waals surface area contributed by atoms with Crippen molar-refractivity contribution in [3.05, 3.63) is 29.8 Å². The van der Waals surface area contributed by atoms with Gasteiger partial charge in [0.1, 0.15) is 5.75 Å². The topological polar surface area (TPSA) is 73.4 Å². The molecule has 0 saturated carbocycles. The van der Waals surface area contributed by atoms with Gasteiger partial charge in [-0.15, -0.1) is 0 Å². The Bertz CT molecular complexity index is 381. The lowest BCUT2D eigenvalue weighted by molar-refractivity contribution is 0.0941. The molecule has 1 rings (SSSR count). The monoisotopic (exact) mass is 225 g/mol. The number of hydrogen-bond donors (Lipinski definition) is 4. The maximum atomic E-state index is 11.5. The van der Waals surface area contributed by atoms with Crippen LogP contribution in [0, 0.1) is 0 Å². The van der Waals surface area contributed by atoms with E-state index >= 15 is 0 Å². The number of benzene rings is 1. The minimum absolute atomic E-state index is 0.0767. The summed E-state index contributed by atoms with van der Waals surface area (Å²) in [5.41, 5.74) is 4.99. The molecule has 0 saturated heterocycles. The zero-order valence-electron chi connectivity index (χ0n) is 8.07. The summed E-state index contributed by atoms with van der Waals surface area (Å²) in [7, 11) is 1.63. The molecule has 0 spiro atoms. The number of phenols is 1. The van der Waals surface area contributed by atoms with Crippen molar-refractivity contribution < 1.29 is 9.90 Å². The predicted molar refractivity (Wildman–Crippen MR) is 60.4 cm³/mol. The summed E-state index contributed by atoms with van der Waals surface area (Å²) in [6.07, 6.45) is 0. The average Bonchev–Trinajstić information content (AvgIpc) is 2.26. The molecule has 0 radical (unpaired) electrons. The highest BCUT2D eigenvalue weighted by molar-refractivity contribution is 7.80. The normalized spacial score (nSPS) is 9.13. The quantitative estimate of drug-likeness (QED) is 0.404. The van der Waals surface area contributed by atoms with E-state index in [1.807, 2.05) is 0 Å². The molecule has 1 aromatic carbocycles. The van der Waals surface area contributed by atoms with E-state index in [0.717, 1.165) is 0 Å². The Kier molecular flexibility index (Phi) is 3.87. The second-order valence-electron chi connectivity index (χ2n) is 2.68. The van der Waals surface area contributed by atoms with E-state index in [-0.39, 0.29) is 11.3 Å². The number of phenolic OH excluding ortho intramolecular Hbond substituents is 1. The van der Waals surface area contributed by atoms with Crippen molar-refractivity contribution in [3.8, 4) is 5.75 Å². The molecule has 0 aliphatic heterocycles. The van der Waals surface area contributed by atoms with E-state index in [9.17, 15) is 9.90 Å². The number of rotatable bonds is 1. The molecule has 0 aromatic heterocycles. The highest BCUT2D eigenvalue weighted by Crippen LogP contribution is 2.14. The van der Waals surface area contributed by atoms with Gasteiger partial charge in [-0.3, -0.25) is 15.6 Å². The van der Waals surface area contributed by atoms with Crippen molar-refractivity contribution in [2.75, 3.05) is 7.05 Å². The van der Waals surface area contributed by atoms with Crippen molar-refractivity contribution in [1.82, 2.24) is 16.2 Å². The molecule has 0 aliphatic carbocycles. The van der Waals surface area contributed by atoms with Crippen LogP contribution in [0.15, 0.2) is 24.3 Å². The number of thiocarbonyl (C=S) groups is 1. The molecular weight excluding hydrogens is 214 g/mol. The fraction of sp³-hybridized carbons (Fsp3) is 0.111. The van der Waals surface area contributed by atoms with E-state index in [1.165, 1.54) is 12.1 Å². The van der Waals surface area contributed by atoms with Gasteiger partial charge in [-0.25, -0.2) is 0 Å². The third-order valence-electron chi connectivity index (χ3n) is 1.67. The summed E-state index contributed by atoms with van der Waals surface area (Å²) < 4.78 is 0. The van der Waals surface area contributed by atoms with Gasteiger partial charge in [0.2, 0.25) is 0 Å². The number of hydrogen-bond acceptors (Lipinski definition) is 3. The van der Waals surface area contributed by atoms with Crippen LogP contribution in [0.25, 0.3) is 0 Å². The second kappa shape index (κ2) is 5.16. The van der Waals surface area contributed by atoms with Crippen LogP contribution in [0.5, 0.6) is 5.75 Å². The number of carbonyl (C=O) groups excluding carboxylic acids is 1. The molecule has 0 atom stereocenters. The maximum Gasteiger partial charge on any atom is 0.273 e. The number of nitrogens with one attached hydrogen (secondary N) is 3. The fourth-order valence-electron chi connectivity index (χ4n) is 0.909. The van der Waals surface area contributed by atoms with Crippen LogP contribution in [0.4, 0.5) is 0 Å². The third-order valence-corrected chi connectivity index (χ3v) is 1.97. The van der Waals surface area contributed by atoms with Crippen LogP contribution >= 0.6 is 12.2 Å². The number of amides is 1. The minimum atomic E-state index is -0.453. The molecule has 0 aliphatic rings. The molecule has 80 valence electrons. The van der Waals surface area contributed by atoms with Crippen LogP contribution in [0.1, 0.15) is 10.4 Å². The molecule has 4 N–H and O–H groups in total. The van der Waals surface area contributed by atoms with Crippen molar-refractivity contribution in [1.29, 1.82) is 0 Å². The maximum absolute atomic E-state index is 11.5. The van der Waals surface area contributed by atoms with E-state index in [0.29, 0.717) is 5.11 Å². The summed E-state index contributed by atoms with van der Waals surface area (Å²) >= 11 is 4.76. The summed E-state index contributed by atoms with van der Waals surface area (Å²) in [5.74, 6) is -0.530. The highest BCUT2D eigenvalue weighted by Gasteiger charge is 2.09. The third kappa shape index (κ3) is 3.10. The first kappa shape index (κ1) is 11.3. The van der Waals surface area contributed by atoms with Crippen LogP contribution in [-0.4, -0.2) is 23.2 Å². The van der Waals surface area contributed by atoms with Gasteiger partial charge in [0, 0.05) is 7.05 Å². The lowest BCUT2D eigenvalue weighted by atomic mass is 10.2. The molecule has 0 fully saturated rings. The largest absolute Gasteiger partial charge is 0.507 e. The van der Waals surface area contributed by atoms with Crippen LogP contribution < -0.4 is 16.2 Å². The summed E-state index contributed by atoms with van der Waals surface area (Å²) in [6, 6.07) is 6.24. The predicted octanol–water partition coefficient (Wildman–Crippen LogP) is 0.131. The van der Waals surface area contributed by atoms with Crippen LogP contribution in [-0.2, 0) is 0 Å². The van der Waals surface area contributed by atoms with Gasteiger partial charge < -0.3 is 10.4 Å². The molecule has 0 unspecified atom stereocenters. The molecular formula is C9H11N3O2S. The van der Waals surface area contributed by atoms with Gasteiger partial charge in [0.15, 0.2) is 5.11 Å². The number of carbonyl (C=O) groups is 1. The second-order valence-corrected chi connectivity index (χ2v) is 3.08. The lowest BCUT2D eigenvalue weighted by Crippen LogP contribution is -2.45.